The van der Waals surface area contributed by atoms with Gasteiger partial charge in [-0.25, -0.2) is 4.98 Å². The molecule has 7 nitrogen and oxygen atoms in total. The minimum absolute atomic E-state index is 0.225. The Morgan fingerprint density at radius 1 is 1.33 bits per heavy atom. The van der Waals surface area contributed by atoms with Crippen LogP contribution in [0.2, 0.25) is 0 Å². The normalized spacial score (nSPS) is 12.3. The number of amides is 2. The van der Waals surface area contributed by atoms with Gasteiger partial charge in [0.2, 0.25) is 0 Å². The van der Waals surface area contributed by atoms with Crippen molar-refractivity contribution in [2.75, 3.05) is 12.4 Å². The third-order valence-corrected chi connectivity index (χ3v) is 5.40. The van der Waals surface area contributed by atoms with E-state index in [9.17, 15) is 9.59 Å². The van der Waals surface area contributed by atoms with E-state index in [1.54, 1.807) is 42.4 Å². The van der Waals surface area contributed by atoms with Crippen molar-refractivity contribution in [3.8, 4) is 0 Å². The van der Waals surface area contributed by atoms with Crippen molar-refractivity contribution in [1.82, 2.24) is 19.7 Å². The lowest BCUT2D eigenvalue weighted by Crippen LogP contribution is -2.38. The average molecular weight is 349 g/mol. The summed E-state index contributed by atoms with van der Waals surface area (Å²) in [5, 5.41) is 7.59. The van der Waals surface area contributed by atoms with E-state index in [1.807, 2.05) is 13.8 Å². The molecule has 2 amide bonds. The van der Waals surface area contributed by atoms with Crippen LogP contribution in [0.4, 0.5) is 5.82 Å². The van der Waals surface area contributed by atoms with Gasteiger partial charge in [-0.1, -0.05) is 13.8 Å². The molecule has 2 aromatic rings. The van der Waals surface area contributed by atoms with E-state index in [4.69, 9.17) is 0 Å². The van der Waals surface area contributed by atoms with Crippen molar-refractivity contribution in [3.05, 3.63) is 27.8 Å². The summed E-state index contributed by atoms with van der Waals surface area (Å²) in [6.07, 6.45) is 1.69. The molecule has 2 rings (SSSR count). The molecule has 0 unspecified atom stereocenters. The van der Waals surface area contributed by atoms with Crippen LogP contribution in [0, 0.1) is 6.92 Å². The molecule has 2 aromatic heterocycles. The first-order valence-corrected chi connectivity index (χ1v) is 8.57. The first-order valence-electron chi connectivity index (χ1n) is 7.75. The minimum Gasteiger partial charge on any atom is -0.330 e. The van der Waals surface area contributed by atoms with Gasteiger partial charge in [-0.3, -0.25) is 14.3 Å². The zero-order chi connectivity index (χ0) is 18.0. The Balaban J connectivity index is 2.10. The summed E-state index contributed by atoms with van der Waals surface area (Å²) in [6, 6.07) is 1.41. The van der Waals surface area contributed by atoms with E-state index >= 15 is 0 Å². The number of likely N-dealkylation sites (N-methyl/N-ethyl adjacent to an activating group) is 1. The summed E-state index contributed by atoms with van der Waals surface area (Å²) < 4.78 is 1.56. The number of hydrogen-bond acceptors (Lipinski definition) is 5. The van der Waals surface area contributed by atoms with Crippen LogP contribution in [0.25, 0.3) is 0 Å². The number of hydrogen-bond donors (Lipinski definition) is 1. The average Bonchev–Trinajstić information content (AvgIpc) is 3.10. The number of nitrogens with zero attached hydrogens (tertiary/aromatic N) is 4. The molecule has 0 aromatic carbocycles. The highest BCUT2D eigenvalue weighted by molar-refractivity contribution is 7.11. The Morgan fingerprint density at radius 3 is 2.50 bits per heavy atom. The van der Waals surface area contributed by atoms with Crippen molar-refractivity contribution >= 4 is 29.0 Å². The molecule has 0 fully saturated rings. The quantitative estimate of drug-likeness (QED) is 0.860. The van der Waals surface area contributed by atoms with E-state index < -0.39 is 11.8 Å². The maximum absolute atomic E-state index is 12.4. The molecular weight excluding hydrogens is 326 g/mol. The van der Waals surface area contributed by atoms with E-state index in [1.165, 1.54) is 4.90 Å². The van der Waals surface area contributed by atoms with Gasteiger partial charge in [0.15, 0.2) is 5.82 Å². The van der Waals surface area contributed by atoms with Crippen LogP contribution in [0.1, 0.15) is 48.3 Å². The predicted octanol–water partition coefficient (Wildman–Crippen LogP) is 2.47. The molecule has 0 spiro atoms. The molecule has 24 heavy (non-hydrogen) atoms. The first kappa shape index (κ1) is 18.1. The Labute approximate surface area is 145 Å². The number of aromatic nitrogens is 3. The lowest BCUT2D eigenvalue weighted by molar-refractivity contribution is -0.143. The number of anilines is 1. The Morgan fingerprint density at radius 2 is 2.00 bits per heavy atom. The van der Waals surface area contributed by atoms with E-state index in [0.717, 1.165) is 15.6 Å². The molecule has 8 heteroatoms. The molecule has 0 saturated carbocycles. The lowest BCUT2D eigenvalue weighted by atomic mass is 10.2. The van der Waals surface area contributed by atoms with Gasteiger partial charge in [0.05, 0.1) is 16.7 Å². The van der Waals surface area contributed by atoms with Gasteiger partial charge in [-0.15, -0.1) is 11.3 Å². The van der Waals surface area contributed by atoms with E-state index in [2.05, 4.69) is 29.2 Å². The number of carbonyl (C=O) groups is 2. The molecule has 1 atom stereocenters. The maximum Gasteiger partial charge on any atom is 0.315 e. The second-order valence-corrected chi connectivity index (χ2v) is 7.14. The van der Waals surface area contributed by atoms with Gasteiger partial charge in [0.25, 0.3) is 0 Å². The van der Waals surface area contributed by atoms with Crippen LogP contribution >= 0.6 is 11.3 Å². The highest BCUT2D eigenvalue weighted by atomic mass is 32.1. The predicted molar refractivity (Wildman–Crippen MR) is 94.0 cm³/mol. The van der Waals surface area contributed by atoms with Crippen molar-refractivity contribution in [1.29, 1.82) is 0 Å². The summed E-state index contributed by atoms with van der Waals surface area (Å²) in [7, 11) is 3.36. The molecule has 2 heterocycles. The second kappa shape index (κ2) is 7.12. The standard InChI is InChI=1S/C16H23N5O2S/c1-9(2)15-17-10(3)13(24-15)11(4)21(6)16(23)14(22)18-12-7-8-20(5)19-12/h7-9,11H,1-6H3,(H,18,19,22)/t11-/m1/s1. The van der Waals surface area contributed by atoms with Crippen LogP contribution in [0.3, 0.4) is 0 Å². The third kappa shape index (κ3) is 3.81. The summed E-state index contributed by atoms with van der Waals surface area (Å²) in [4.78, 5) is 31.5. The number of nitrogens with one attached hydrogen (secondary N) is 1. The molecule has 0 bridgehead atoms. The number of thiazole rings is 1. The highest BCUT2D eigenvalue weighted by Crippen LogP contribution is 2.31. The second-order valence-electron chi connectivity index (χ2n) is 6.08. The molecule has 0 aliphatic carbocycles. The van der Waals surface area contributed by atoms with Crippen molar-refractivity contribution in [3.63, 3.8) is 0 Å². The summed E-state index contributed by atoms with van der Waals surface area (Å²) in [6.45, 7) is 8.00. The highest BCUT2D eigenvalue weighted by Gasteiger charge is 2.27. The van der Waals surface area contributed by atoms with Gasteiger partial charge in [0.1, 0.15) is 0 Å². The van der Waals surface area contributed by atoms with Crippen molar-refractivity contribution in [2.24, 2.45) is 7.05 Å². The summed E-state index contributed by atoms with van der Waals surface area (Å²) in [5.74, 6) is -0.613. The Kier molecular flexibility index (Phi) is 5.38. The molecule has 0 aliphatic heterocycles. The molecule has 0 radical (unpaired) electrons. The number of carbonyl (C=O) groups excluding carboxylic acids is 2. The van der Waals surface area contributed by atoms with Gasteiger partial charge >= 0.3 is 11.8 Å². The Hall–Kier alpha value is -2.22. The van der Waals surface area contributed by atoms with Crippen LogP contribution in [-0.4, -0.2) is 38.5 Å². The monoisotopic (exact) mass is 349 g/mol. The SMILES string of the molecule is Cc1nc(C(C)C)sc1[C@@H](C)N(C)C(=O)C(=O)Nc1ccn(C)n1. The van der Waals surface area contributed by atoms with Crippen molar-refractivity contribution < 1.29 is 9.59 Å². The van der Waals surface area contributed by atoms with Crippen LogP contribution in [0.5, 0.6) is 0 Å². The van der Waals surface area contributed by atoms with Gasteiger partial charge in [-0.2, -0.15) is 5.10 Å². The molecular formula is C16H23N5O2S. The fraction of sp³-hybridized carbons (Fsp3) is 0.500. The molecule has 130 valence electrons. The topological polar surface area (TPSA) is 80.1 Å². The lowest BCUT2D eigenvalue weighted by Gasteiger charge is -2.23. The van der Waals surface area contributed by atoms with Gasteiger partial charge in [0, 0.05) is 37.2 Å². The van der Waals surface area contributed by atoms with E-state index in [0.29, 0.717) is 11.7 Å². The molecule has 0 aliphatic rings. The fourth-order valence-corrected chi connectivity index (χ4v) is 3.39. The Bertz CT molecular complexity index is 749. The van der Waals surface area contributed by atoms with Crippen LogP contribution in [-0.2, 0) is 16.6 Å². The molecule has 1 N–H and O–H groups in total. The number of aryl methyl sites for hydroxylation is 2. The largest absolute Gasteiger partial charge is 0.330 e. The van der Waals surface area contributed by atoms with Gasteiger partial charge in [-0.05, 0) is 13.8 Å². The van der Waals surface area contributed by atoms with Crippen LogP contribution in [0.15, 0.2) is 12.3 Å². The summed E-state index contributed by atoms with van der Waals surface area (Å²) >= 11 is 1.59. The van der Waals surface area contributed by atoms with Crippen molar-refractivity contribution in [2.45, 2.75) is 39.7 Å². The van der Waals surface area contributed by atoms with E-state index in [-0.39, 0.29) is 6.04 Å². The first-order chi connectivity index (χ1) is 11.2. The zero-order valence-corrected chi connectivity index (χ0v) is 15.6. The number of rotatable bonds is 4. The van der Waals surface area contributed by atoms with Gasteiger partial charge < -0.3 is 10.2 Å². The fourth-order valence-electron chi connectivity index (χ4n) is 2.23. The third-order valence-electron chi connectivity index (χ3n) is 3.77. The maximum atomic E-state index is 12.4. The summed E-state index contributed by atoms with van der Waals surface area (Å²) in [5.41, 5.74) is 0.904. The molecule has 0 saturated heterocycles. The van der Waals surface area contributed by atoms with Crippen LogP contribution < -0.4 is 5.32 Å². The minimum atomic E-state index is -0.700. The smallest absolute Gasteiger partial charge is 0.315 e. The zero-order valence-electron chi connectivity index (χ0n) is 14.8.